The van der Waals surface area contributed by atoms with Crippen LogP contribution in [0.4, 0.5) is 4.79 Å². The van der Waals surface area contributed by atoms with E-state index in [1.165, 1.54) is 6.92 Å². The fourth-order valence-electron chi connectivity index (χ4n) is 2.03. The molecular formula is C16H17NO5S. The highest BCUT2D eigenvalue weighted by atomic mass is 32.2. The summed E-state index contributed by atoms with van der Waals surface area (Å²) in [6.07, 6.45) is 1.61. The van der Waals surface area contributed by atoms with Crippen LogP contribution in [0.1, 0.15) is 19.4 Å². The van der Waals surface area contributed by atoms with Crippen LogP contribution in [0.15, 0.2) is 29.2 Å². The molecule has 1 heterocycles. The number of benzene rings is 1. The number of thioether (sulfide) groups is 1. The molecule has 0 unspecified atom stereocenters. The lowest BCUT2D eigenvalue weighted by atomic mass is 10.2. The first kappa shape index (κ1) is 17.1. The molecule has 0 saturated carbocycles. The molecule has 2 amide bonds. The first-order chi connectivity index (χ1) is 11.0. The highest BCUT2D eigenvalue weighted by Gasteiger charge is 2.41. The van der Waals surface area contributed by atoms with E-state index in [1.807, 2.05) is 0 Å². The molecule has 0 spiro atoms. The van der Waals surface area contributed by atoms with Gasteiger partial charge in [-0.1, -0.05) is 12.1 Å². The topological polar surface area (TPSA) is 72.9 Å². The van der Waals surface area contributed by atoms with Crippen molar-refractivity contribution in [2.24, 2.45) is 0 Å². The van der Waals surface area contributed by atoms with Crippen LogP contribution < -0.4 is 4.74 Å². The van der Waals surface area contributed by atoms with E-state index in [1.54, 1.807) is 44.4 Å². The molecule has 7 heteroatoms. The van der Waals surface area contributed by atoms with E-state index in [9.17, 15) is 14.4 Å². The van der Waals surface area contributed by atoms with Crippen molar-refractivity contribution >= 4 is 35.0 Å². The molecule has 1 aromatic carbocycles. The maximum Gasteiger partial charge on any atom is 0.329 e. The minimum Gasteiger partial charge on any atom is -0.497 e. The van der Waals surface area contributed by atoms with Gasteiger partial charge >= 0.3 is 5.97 Å². The summed E-state index contributed by atoms with van der Waals surface area (Å²) < 4.78 is 9.93. The third-order valence-corrected chi connectivity index (χ3v) is 4.14. The second-order valence-electron chi connectivity index (χ2n) is 4.75. The van der Waals surface area contributed by atoms with Gasteiger partial charge in [-0.05, 0) is 49.4 Å². The number of hydrogen-bond donors (Lipinski definition) is 0. The van der Waals surface area contributed by atoms with Crippen LogP contribution in [0, 0.1) is 0 Å². The van der Waals surface area contributed by atoms with Crippen molar-refractivity contribution in [3.8, 4) is 5.75 Å². The van der Waals surface area contributed by atoms with E-state index in [4.69, 9.17) is 9.47 Å². The van der Waals surface area contributed by atoms with Crippen LogP contribution in [0.5, 0.6) is 5.75 Å². The lowest BCUT2D eigenvalue weighted by Gasteiger charge is -2.19. The summed E-state index contributed by atoms with van der Waals surface area (Å²) in [6.45, 7) is 3.34. The van der Waals surface area contributed by atoms with E-state index in [0.717, 1.165) is 22.2 Å². The Bertz CT molecular complexity index is 653. The second kappa shape index (κ2) is 7.32. The highest BCUT2D eigenvalue weighted by molar-refractivity contribution is 8.18. The van der Waals surface area contributed by atoms with Crippen LogP contribution in [0.2, 0.25) is 0 Å². The maximum atomic E-state index is 12.4. The number of ether oxygens (including phenoxy) is 2. The summed E-state index contributed by atoms with van der Waals surface area (Å²) in [5.41, 5.74) is 0.764. The molecule has 1 aliphatic heterocycles. The van der Waals surface area contributed by atoms with Crippen LogP contribution in [0.3, 0.4) is 0 Å². The smallest absolute Gasteiger partial charge is 0.329 e. The van der Waals surface area contributed by atoms with Gasteiger partial charge in [-0.2, -0.15) is 0 Å². The van der Waals surface area contributed by atoms with Crippen molar-refractivity contribution < 1.29 is 23.9 Å². The molecule has 0 aromatic heterocycles. The Labute approximate surface area is 138 Å². The number of amides is 2. The highest BCUT2D eigenvalue weighted by Crippen LogP contribution is 2.34. The third-order valence-electron chi connectivity index (χ3n) is 3.25. The molecule has 0 N–H and O–H groups in total. The van der Waals surface area contributed by atoms with Gasteiger partial charge < -0.3 is 9.47 Å². The third kappa shape index (κ3) is 3.73. The Hall–Kier alpha value is -2.28. The van der Waals surface area contributed by atoms with Crippen LogP contribution in [0.25, 0.3) is 6.08 Å². The number of rotatable bonds is 5. The number of methoxy groups -OCH3 is 1. The minimum absolute atomic E-state index is 0.196. The summed E-state index contributed by atoms with van der Waals surface area (Å²) in [5, 5.41) is -0.477. The minimum atomic E-state index is -0.941. The van der Waals surface area contributed by atoms with E-state index in [0.29, 0.717) is 5.75 Å². The van der Waals surface area contributed by atoms with Crippen molar-refractivity contribution in [1.29, 1.82) is 0 Å². The van der Waals surface area contributed by atoms with Gasteiger partial charge in [0.15, 0.2) is 0 Å². The van der Waals surface area contributed by atoms with Gasteiger partial charge in [-0.25, -0.2) is 4.79 Å². The number of imide groups is 1. The van der Waals surface area contributed by atoms with E-state index < -0.39 is 23.2 Å². The first-order valence-electron chi connectivity index (χ1n) is 7.05. The molecule has 23 heavy (non-hydrogen) atoms. The lowest BCUT2D eigenvalue weighted by Crippen LogP contribution is -2.42. The maximum absolute atomic E-state index is 12.4. The standard InChI is InChI=1S/C16H17NO5S/c1-4-22-15(19)10(2)17-14(18)13(23-16(17)20)9-11-5-7-12(21-3)8-6-11/h5-10H,4H2,1-3H3/b13-9-/t10-/m0/s1. The molecule has 1 fully saturated rings. The van der Waals surface area contributed by atoms with Crippen molar-refractivity contribution in [3.05, 3.63) is 34.7 Å². The SMILES string of the molecule is CCOC(=O)[C@H](C)N1C(=O)S/C(=C\c2ccc(OC)cc2)C1=O. The fraction of sp³-hybridized carbons (Fsp3) is 0.312. The Kier molecular flexibility index (Phi) is 5.44. The number of hydrogen-bond acceptors (Lipinski definition) is 6. The molecule has 2 rings (SSSR count). The Balaban J connectivity index is 2.19. The molecule has 6 nitrogen and oxygen atoms in total. The summed E-state index contributed by atoms with van der Waals surface area (Å²) in [7, 11) is 1.57. The Morgan fingerprint density at radius 1 is 1.30 bits per heavy atom. The van der Waals surface area contributed by atoms with Gasteiger partial charge in [-0.15, -0.1) is 0 Å². The Morgan fingerprint density at radius 2 is 1.96 bits per heavy atom. The molecule has 1 aliphatic rings. The number of esters is 1. The van der Waals surface area contributed by atoms with Gasteiger partial charge in [0.2, 0.25) is 0 Å². The summed E-state index contributed by atoms with van der Waals surface area (Å²) in [6, 6.07) is 6.14. The molecule has 0 bridgehead atoms. The first-order valence-corrected chi connectivity index (χ1v) is 7.87. The van der Waals surface area contributed by atoms with Crippen molar-refractivity contribution in [3.63, 3.8) is 0 Å². The predicted molar refractivity (Wildman–Crippen MR) is 86.9 cm³/mol. The number of nitrogens with zero attached hydrogens (tertiary/aromatic N) is 1. The molecular weight excluding hydrogens is 318 g/mol. The predicted octanol–water partition coefficient (Wildman–Crippen LogP) is 2.68. The molecule has 0 aliphatic carbocycles. The van der Waals surface area contributed by atoms with Crippen molar-refractivity contribution in [2.45, 2.75) is 19.9 Å². The van der Waals surface area contributed by atoms with Gasteiger partial charge in [0.1, 0.15) is 11.8 Å². The van der Waals surface area contributed by atoms with E-state index in [-0.39, 0.29) is 11.5 Å². The second-order valence-corrected chi connectivity index (χ2v) is 5.75. The molecule has 0 radical (unpaired) electrons. The fourth-order valence-corrected chi connectivity index (χ4v) is 2.94. The van der Waals surface area contributed by atoms with Crippen LogP contribution in [-0.2, 0) is 14.3 Å². The molecule has 1 atom stereocenters. The monoisotopic (exact) mass is 335 g/mol. The van der Waals surface area contributed by atoms with Crippen LogP contribution >= 0.6 is 11.8 Å². The van der Waals surface area contributed by atoms with Crippen molar-refractivity contribution in [1.82, 2.24) is 4.90 Å². The Morgan fingerprint density at radius 3 is 2.52 bits per heavy atom. The number of carbonyl (C=O) groups is 3. The number of carbonyl (C=O) groups excluding carboxylic acids is 3. The van der Waals surface area contributed by atoms with Gasteiger partial charge in [-0.3, -0.25) is 14.5 Å². The summed E-state index contributed by atoms with van der Waals surface area (Å²) in [4.78, 5) is 37.4. The normalized spacial score (nSPS) is 17.5. The van der Waals surface area contributed by atoms with Gasteiger partial charge in [0, 0.05) is 0 Å². The zero-order chi connectivity index (χ0) is 17.0. The zero-order valence-corrected chi connectivity index (χ0v) is 13.9. The summed E-state index contributed by atoms with van der Waals surface area (Å²) in [5.74, 6) is -0.386. The summed E-state index contributed by atoms with van der Waals surface area (Å²) >= 11 is 0.810. The van der Waals surface area contributed by atoms with Gasteiger partial charge in [0.05, 0.1) is 18.6 Å². The van der Waals surface area contributed by atoms with E-state index in [2.05, 4.69) is 0 Å². The average molecular weight is 335 g/mol. The van der Waals surface area contributed by atoms with Crippen molar-refractivity contribution in [2.75, 3.05) is 13.7 Å². The zero-order valence-electron chi connectivity index (χ0n) is 13.1. The average Bonchev–Trinajstić information content (AvgIpc) is 2.81. The van der Waals surface area contributed by atoms with E-state index >= 15 is 0 Å². The molecule has 122 valence electrons. The van der Waals surface area contributed by atoms with Crippen LogP contribution in [-0.4, -0.2) is 41.8 Å². The largest absolute Gasteiger partial charge is 0.497 e. The molecule has 1 saturated heterocycles. The lowest BCUT2D eigenvalue weighted by molar-refractivity contribution is -0.150. The quantitative estimate of drug-likeness (QED) is 0.608. The van der Waals surface area contributed by atoms with Gasteiger partial charge in [0.25, 0.3) is 11.1 Å². The molecule has 1 aromatic rings.